The average molecular weight is 228 g/mol. The lowest BCUT2D eigenvalue weighted by atomic mass is 9.74. The molecule has 0 heterocycles. The van der Waals surface area contributed by atoms with Gasteiger partial charge in [-0.25, -0.2) is 0 Å². The topological polar surface area (TPSA) is 47.6 Å². The highest BCUT2D eigenvalue weighted by atomic mass is 14.4. The van der Waals surface area contributed by atoms with Crippen LogP contribution in [0.4, 0.5) is 0 Å². The van der Waals surface area contributed by atoms with Crippen molar-refractivity contribution in [2.75, 3.05) is 0 Å². The summed E-state index contributed by atoms with van der Waals surface area (Å²) in [6.45, 7) is 0. The van der Waals surface area contributed by atoms with Gasteiger partial charge in [0.25, 0.3) is 0 Å². The molecule has 0 aromatic heterocycles. The lowest BCUT2D eigenvalue weighted by Crippen LogP contribution is -2.19. The van der Waals surface area contributed by atoms with Crippen molar-refractivity contribution >= 4 is 0 Å². The predicted molar refractivity (Wildman–Crippen MR) is 66.8 cm³/mol. The van der Waals surface area contributed by atoms with Gasteiger partial charge < -0.3 is 0 Å². The molecule has 0 aromatic rings. The molecular formula is C15H20N2. The van der Waals surface area contributed by atoms with Crippen LogP contribution in [0.3, 0.4) is 0 Å². The molecular weight excluding hydrogens is 208 g/mol. The van der Waals surface area contributed by atoms with Crippen LogP contribution < -0.4 is 0 Å². The fraction of sp³-hybridized carbons (Fsp3) is 0.733. The molecule has 90 valence electrons. The van der Waals surface area contributed by atoms with Gasteiger partial charge in [-0.2, -0.15) is 10.5 Å². The minimum Gasteiger partial charge on any atom is -0.198 e. The van der Waals surface area contributed by atoms with Crippen molar-refractivity contribution in [2.45, 2.75) is 57.8 Å². The Morgan fingerprint density at radius 1 is 1.00 bits per heavy atom. The zero-order chi connectivity index (χ0) is 12.1. The van der Waals surface area contributed by atoms with Gasteiger partial charge in [0.05, 0.1) is 12.1 Å². The SMILES string of the molecule is N#CC1=C(CC2CCCCC2C#N)CCCC1. The molecule has 0 aliphatic heterocycles. The van der Waals surface area contributed by atoms with Crippen molar-refractivity contribution in [3.05, 3.63) is 11.1 Å². The molecule has 0 amide bonds. The number of rotatable bonds is 2. The standard InChI is InChI=1S/C15H20N2/c16-10-14-7-3-1-5-12(14)9-13-6-2-4-8-15(13)11-17/h12,14H,1-9H2. The quantitative estimate of drug-likeness (QED) is 0.714. The van der Waals surface area contributed by atoms with E-state index in [9.17, 15) is 5.26 Å². The summed E-state index contributed by atoms with van der Waals surface area (Å²) in [6.07, 6.45) is 10.2. The highest BCUT2D eigenvalue weighted by Gasteiger charge is 2.27. The molecule has 2 rings (SSSR count). The summed E-state index contributed by atoms with van der Waals surface area (Å²) in [6, 6.07) is 4.84. The summed E-state index contributed by atoms with van der Waals surface area (Å²) >= 11 is 0. The van der Waals surface area contributed by atoms with E-state index in [1.165, 1.54) is 37.7 Å². The molecule has 0 bridgehead atoms. The zero-order valence-electron chi connectivity index (χ0n) is 10.4. The Kier molecular flexibility index (Phi) is 4.21. The Hall–Kier alpha value is -1.28. The van der Waals surface area contributed by atoms with Crippen LogP contribution in [0.25, 0.3) is 0 Å². The van der Waals surface area contributed by atoms with Crippen molar-refractivity contribution < 1.29 is 0 Å². The number of allylic oxidation sites excluding steroid dienone is 2. The fourth-order valence-corrected chi connectivity index (χ4v) is 3.27. The minimum absolute atomic E-state index is 0.234. The molecule has 0 saturated heterocycles. The Bertz CT molecular complexity index is 381. The number of hydrogen-bond acceptors (Lipinski definition) is 2. The first-order valence-electron chi connectivity index (χ1n) is 6.85. The second-order valence-corrected chi connectivity index (χ2v) is 5.39. The zero-order valence-corrected chi connectivity index (χ0v) is 10.4. The third kappa shape index (κ3) is 2.89. The van der Waals surface area contributed by atoms with Crippen molar-refractivity contribution in [1.29, 1.82) is 10.5 Å². The van der Waals surface area contributed by atoms with Gasteiger partial charge in [0.15, 0.2) is 0 Å². The summed E-state index contributed by atoms with van der Waals surface area (Å²) in [5.41, 5.74) is 2.39. The van der Waals surface area contributed by atoms with Gasteiger partial charge in [-0.05, 0) is 50.9 Å². The molecule has 2 atom stereocenters. The molecule has 2 unspecified atom stereocenters. The van der Waals surface area contributed by atoms with Crippen LogP contribution in [0, 0.1) is 34.5 Å². The van der Waals surface area contributed by atoms with Crippen LogP contribution in [-0.2, 0) is 0 Å². The molecule has 0 N–H and O–H groups in total. The second kappa shape index (κ2) is 5.87. The van der Waals surface area contributed by atoms with E-state index < -0.39 is 0 Å². The van der Waals surface area contributed by atoms with E-state index in [4.69, 9.17) is 5.26 Å². The van der Waals surface area contributed by atoms with Gasteiger partial charge in [0.2, 0.25) is 0 Å². The summed E-state index contributed by atoms with van der Waals surface area (Å²) in [5.74, 6) is 0.753. The molecule has 2 aliphatic rings. The number of nitriles is 2. The first kappa shape index (κ1) is 12.2. The van der Waals surface area contributed by atoms with Crippen molar-refractivity contribution in [3.63, 3.8) is 0 Å². The first-order chi connectivity index (χ1) is 8.35. The van der Waals surface area contributed by atoms with Crippen molar-refractivity contribution in [2.24, 2.45) is 11.8 Å². The number of nitrogens with zero attached hydrogens (tertiary/aromatic N) is 2. The fourth-order valence-electron chi connectivity index (χ4n) is 3.27. The van der Waals surface area contributed by atoms with Gasteiger partial charge in [-0.1, -0.05) is 18.4 Å². The molecule has 0 spiro atoms. The van der Waals surface area contributed by atoms with E-state index in [0.717, 1.165) is 31.3 Å². The normalized spacial score (nSPS) is 29.5. The van der Waals surface area contributed by atoms with Gasteiger partial charge >= 0.3 is 0 Å². The van der Waals surface area contributed by atoms with E-state index in [2.05, 4.69) is 12.1 Å². The monoisotopic (exact) mass is 228 g/mol. The van der Waals surface area contributed by atoms with E-state index in [0.29, 0.717) is 5.92 Å². The Morgan fingerprint density at radius 2 is 1.76 bits per heavy atom. The minimum atomic E-state index is 0.234. The lowest BCUT2D eigenvalue weighted by Gasteiger charge is -2.29. The summed E-state index contributed by atoms with van der Waals surface area (Å²) in [5, 5.41) is 18.3. The largest absolute Gasteiger partial charge is 0.198 e. The van der Waals surface area contributed by atoms with E-state index in [1.807, 2.05) is 0 Å². The lowest BCUT2D eigenvalue weighted by molar-refractivity contribution is 0.285. The Labute approximate surface area is 104 Å². The maximum Gasteiger partial charge on any atom is 0.0946 e. The third-order valence-electron chi connectivity index (χ3n) is 4.30. The Morgan fingerprint density at radius 3 is 2.53 bits per heavy atom. The predicted octanol–water partition coefficient (Wildman–Crippen LogP) is 4.10. The van der Waals surface area contributed by atoms with E-state index in [1.54, 1.807) is 0 Å². The van der Waals surface area contributed by atoms with Crippen LogP contribution in [-0.4, -0.2) is 0 Å². The highest BCUT2D eigenvalue weighted by molar-refractivity contribution is 5.30. The Balaban J connectivity index is 2.06. The van der Waals surface area contributed by atoms with Crippen LogP contribution in [0.5, 0.6) is 0 Å². The van der Waals surface area contributed by atoms with Crippen LogP contribution in [0.15, 0.2) is 11.1 Å². The van der Waals surface area contributed by atoms with Gasteiger partial charge in [0.1, 0.15) is 0 Å². The van der Waals surface area contributed by atoms with E-state index >= 15 is 0 Å². The smallest absolute Gasteiger partial charge is 0.0946 e. The molecule has 1 saturated carbocycles. The summed E-state index contributed by atoms with van der Waals surface area (Å²) < 4.78 is 0. The maximum atomic E-state index is 9.18. The van der Waals surface area contributed by atoms with Crippen LogP contribution in [0.1, 0.15) is 57.8 Å². The highest BCUT2D eigenvalue weighted by Crippen LogP contribution is 2.37. The van der Waals surface area contributed by atoms with Crippen LogP contribution >= 0.6 is 0 Å². The van der Waals surface area contributed by atoms with E-state index in [-0.39, 0.29) is 5.92 Å². The molecule has 2 heteroatoms. The summed E-state index contributed by atoms with van der Waals surface area (Å²) in [7, 11) is 0. The van der Waals surface area contributed by atoms with Gasteiger partial charge in [-0.3, -0.25) is 0 Å². The molecule has 0 radical (unpaired) electrons. The molecule has 0 aromatic carbocycles. The van der Waals surface area contributed by atoms with Gasteiger partial charge in [-0.15, -0.1) is 0 Å². The first-order valence-corrected chi connectivity index (χ1v) is 6.85. The molecule has 17 heavy (non-hydrogen) atoms. The molecule has 2 nitrogen and oxygen atoms in total. The second-order valence-electron chi connectivity index (χ2n) is 5.39. The maximum absolute atomic E-state index is 9.18. The van der Waals surface area contributed by atoms with Gasteiger partial charge in [0, 0.05) is 11.5 Å². The average Bonchev–Trinajstić information content (AvgIpc) is 2.40. The summed E-state index contributed by atoms with van der Waals surface area (Å²) in [4.78, 5) is 0. The number of hydrogen-bond donors (Lipinski definition) is 0. The third-order valence-corrected chi connectivity index (χ3v) is 4.30. The van der Waals surface area contributed by atoms with Crippen molar-refractivity contribution in [3.8, 4) is 12.1 Å². The van der Waals surface area contributed by atoms with Crippen LogP contribution in [0.2, 0.25) is 0 Å². The molecule has 1 fully saturated rings. The molecule has 2 aliphatic carbocycles. The van der Waals surface area contributed by atoms with Crippen molar-refractivity contribution in [1.82, 2.24) is 0 Å².